The lowest BCUT2D eigenvalue weighted by molar-refractivity contribution is 0.0779. The zero-order valence-electron chi connectivity index (χ0n) is 26.5. The molecule has 1 fully saturated rings. The van der Waals surface area contributed by atoms with Crippen LogP contribution in [0.4, 0.5) is 0 Å². The molecule has 0 aliphatic carbocycles. The maximum atomic E-state index is 14.2. The van der Waals surface area contributed by atoms with E-state index in [4.69, 9.17) is 27.9 Å². The summed E-state index contributed by atoms with van der Waals surface area (Å²) in [6, 6.07) is 25.4. The third-order valence-electron chi connectivity index (χ3n) is 8.93. The number of nitrogens with zero attached hydrogens (tertiary/aromatic N) is 3. The van der Waals surface area contributed by atoms with Crippen molar-refractivity contribution in [2.75, 3.05) is 46.1 Å². The maximum Gasteiger partial charge on any atom is 0.258 e. The van der Waals surface area contributed by atoms with Crippen molar-refractivity contribution in [1.29, 1.82) is 5.26 Å². The van der Waals surface area contributed by atoms with Gasteiger partial charge in [-0.15, -0.1) is 0 Å². The first-order valence-corrected chi connectivity index (χ1v) is 18.0. The van der Waals surface area contributed by atoms with Crippen LogP contribution in [0.3, 0.4) is 0 Å². The summed E-state index contributed by atoms with van der Waals surface area (Å²) in [7, 11) is 0.791. The highest BCUT2D eigenvalue weighted by Gasteiger charge is 2.28. The Bertz CT molecular complexity index is 1780. The smallest absolute Gasteiger partial charge is 0.258 e. The van der Waals surface area contributed by atoms with Crippen molar-refractivity contribution in [3.05, 3.63) is 105 Å². The first-order valence-electron chi connectivity index (χ1n) is 15.7. The molecule has 1 saturated heterocycles. The fourth-order valence-electron chi connectivity index (χ4n) is 6.54. The average molecular weight is 677 g/mol. The molecule has 240 valence electrons. The monoisotopic (exact) mass is 675 g/mol. The minimum atomic E-state index is -1.01. The Morgan fingerprint density at radius 1 is 1.07 bits per heavy atom. The summed E-state index contributed by atoms with van der Waals surface area (Å²) in [5.74, 6) is 0.507. The Kier molecular flexibility index (Phi) is 11.4. The number of halogens is 2. The highest BCUT2D eigenvalue weighted by molar-refractivity contribution is 7.84. The normalized spacial score (nSPS) is 15.3. The number of piperidine rings is 1. The molecule has 4 aromatic rings. The molecule has 4 aromatic carbocycles. The minimum Gasteiger partial charge on any atom is -0.492 e. The van der Waals surface area contributed by atoms with Gasteiger partial charge in [-0.3, -0.25) is 9.00 Å². The molecule has 0 aromatic heterocycles. The van der Waals surface area contributed by atoms with Crippen molar-refractivity contribution in [2.24, 2.45) is 0 Å². The van der Waals surface area contributed by atoms with Crippen LogP contribution in [-0.2, 0) is 10.8 Å². The van der Waals surface area contributed by atoms with Gasteiger partial charge >= 0.3 is 0 Å². The van der Waals surface area contributed by atoms with Gasteiger partial charge in [-0.2, -0.15) is 5.26 Å². The molecule has 0 saturated carbocycles. The number of nitriles is 1. The number of carbonyl (C=O) groups is 1. The summed E-state index contributed by atoms with van der Waals surface area (Å²) in [4.78, 5) is 19.4. The van der Waals surface area contributed by atoms with Crippen LogP contribution in [0.15, 0.2) is 77.7 Å². The van der Waals surface area contributed by atoms with E-state index < -0.39 is 10.8 Å². The van der Waals surface area contributed by atoms with Crippen molar-refractivity contribution in [3.8, 4) is 11.8 Å². The van der Waals surface area contributed by atoms with Gasteiger partial charge in [0, 0.05) is 30.7 Å². The largest absolute Gasteiger partial charge is 0.492 e. The number of benzene rings is 4. The van der Waals surface area contributed by atoms with Crippen LogP contribution in [0.25, 0.3) is 10.8 Å². The second kappa shape index (κ2) is 15.5. The fraction of sp³-hybridized carbons (Fsp3) is 0.351. The summed E-state index contributed by atoms with van der Waals surface area (Å²) in [5, 5.41) is 12.5. The molecule has 1 amide bonds. The topological polar surface area (TPSA) is 73.6 Å². The van der Waals surface area contributed by atoms with Gasteiger partial charge in [0.25, 0.3) is 5.91 Å². The molecule has 0 radical (unpaired) electrons. The second-order valence-electron chi connectivity index (χ2n) is 11.8. The number of amides is 1. The zero-order chi connectivity index (χ0) is 32.8. The number of likely N-dealkylation sites (tertiary alicyclic amines) is 1. The van der Waals surface area contributed by atoms with E-state index in [2.05, 4.69) is 17.0 Å². The average Bonchev–Trinajstić information content (AvgIpc) is 3.07. The van der Waals surface area contributed by atoms with Crippen molar-refractivity contribution in [3.63, 3.8) is 0 Å². The molecule has 46 heavy (non-hydrogen) atoms. The van der Waals surface area contributed by atoms with Crippen molar-refractivity contribution in [2.45, 2.75) is 42.9 Å². The van der Waals surface area contributed by atoms with Gasteiger partial charge < -0.3 is 14.5 Å². The lowest BCUT2D eigenvalue weighted by Gasteiger charge is -2.34. The van der Waals surface area contributed by atoms with Crippen LogP contribution in [0.1, 0.15) is 65.1 Å². The van der Waals surface area contributed by atoms with Crippen LogP contribution in [-0.4, -0.2) is 66.0 Å². The molecule has 2 atom stereocenters. The Labute approximate surface area is 284 Å². The summed E-state index contributed by atoms with van der Waals surface area (Å²) < 4.78 is 18.3. The zero-order valence-corrected chi connectivity index (χ0v) is 28.8. The molecular formula is C37H39Cl2N3O3S. The molecule has 5 rings (SSSR count). The Morgan fingerprint density at radius 3 is 2.48 bits per heavy atom. The molecular weight excluding hydrogens is 637 g/mol. The van der Waals surface area contributed by atoms with E-state index in [9.17, 15) is 14.3 Å². The van der Waals surface area contributed by atoms with Gasteiger partial charge in [-0.25, -0.2) is 0 Å². The third-order valence-corrected chi connectivity index (χ3v) is 10.7. The summed E-state index contributed by atoms with van der Waals surface area (Å²) >= 11 is 12.8. The predicted octanol–water partition coefficient (Wildman–Crippen LogP) is 8.28. The van der Waals surface area contributed by atoms with E-state index in [1.54, 1.807) is 24.3 Å². The van der Waals surface area contributed by atoms with E-state index in [-0.39, 0.29) is 11.8 Å². The lowest BCUT2D eigenvalue weighted by atomic mass is 9.88. The van der Waals surface area contributed by atoms with Crippen molar-refractivity contribution >= 4 is 50.7 Å². The Morgan fingerprint density at radius 2 is 1.78 bits per heavy atom. The SMILES string of the molecule is CCOc1c(C#N)cc2ccccc2c1C(=O)N(C)CC(CCN1CCC(c2ccccc2[S@](C)=O)CC1)c1ccc(Cl)c(Cl)c1. The van der Waals surface area contributed by atoms with Crippen LogP contribution < -0.4 is 4.74 Å². The third kappa shape index (κ3) is 7.58. The van der Waals surface area contributed by atoms with Crippen LogP contribution >= 0.6 is 23.2 Å². The highest BCUT2D eigenvalue weighted by atomic mass is 35.5. The van der Waals surface area contributed by atoms with E-state index in [0.29, 0.717) is 46.0 Å². The van der Waals surface area contributed by atoms with E-state index in [0.717, 1.165) is 60.1 Å². The Balaban J connectivity index is 1.36. The molecule has 1 aliphatic heterocycles. The van der Waals surface area contributed by atoms with Gasteiger partial charge in [-0.1, -0.05) is 71.7 Å². The van der Waals surface area contributed by atoms with Gasteiger partial charge in [-0.05, 0) is 97.9 Å². The number of likely N-dealkylation sites (N-methyl/N-ethyl adjacent to an activating group) is 1. The number of fused-ring (bicyclic) bond motifs is 1. The molecule has 0 spiro atoms. The number of rotatable bonds is 11. The van der Waals surface area contributed by atoms with Crippen LogP contribution in [0, 0.1) is 11.3 Å². The molecule has 6 nitrogen and oxygen atoms in total. The maximum absolute atomic E-state index is 14.2. The minimum absolute atomic E-state index is 0.00867. The number of hydrogen-bond acceptors (Lipinski definition) is 5. The van der Waals surface area contributed by atoms with Gasteiger partial charge in [0.1, 0.15) is 11.8 Å². The molecule has 1 unspecified atom stereocenters. The fourth-order valence-corrected chi connectivity index (χ4v) is 7.68. The van der Waals surface area contributed by atoms with Gasteiger partial charge in [0.2, 0.25) is 0 Å². The predicted molar refractivity (Wildman–Crippen MR) is 188 cm³/mol. The first kappa shape index (κ1) is 33.9. The Hall–Kier alpha value is -3.41. The number of hydrogen-bond donors (Lipinski definition) is 0. The number of ether oxygens (including phenoxy) is 1. The standard InChI is InChI=1S/C37H39Cl2N3O3S/c1-4-45-36-29(23-40)21-27-9-5-6-11-31(27)35(36)37(43)41(2)24-28(26-13-14-32(38)33(39)22-26)17-20-42-18-15-25(16-19-42)30-10-7-8-12-34(30)46(3)44/h5-14,21-22,25,28H,4,15-20,24H2,1-3H3/t28?,46-/m0/s1. The molecule has 9 heteroatoms. The van der Waals surface area contributed by atoms with Gasteiger partial charge in [0.15, 0.2) is 0 Å². The summed E-state index contributed by atoms with van der Waals surface area (Å²) in [6.45, 7) is 5.38. The van der Waals surface area contributed by atoms with Crippen molar-refractivity contribution in [1.82, 2.24) is 9.80 Å². The lowest BCUT2D eigenvalue weighted by Crippen LogP contribution is -2.36. The quantitative estimate of drug-likeness (QED) is 0.160. The van der Waals surface area contributed by atoms with E-state index in [1.807, 2.05) is 67.6 Å². The summed E-state index contributed by atoms with van der Waals surface area (Å²) in [6.07, 6.45) is 4.57. The molecule has 1 heterocycles. The number of carbonyl (C=O) groups excluding carboxylic acids is 1. The molecule has 0 bridgehead atoms. The first-order chi connectivity index (χ1) is 22.2. The van der Waals surface area contributed by atoms with Crippen LogP contribution in [0.5, 0.6) is 5.75 Å². The summed E-state index contributed by atoms with van der Waals surface area (Å²) in [5.41, 5.74) is 2.97. The molecule has 0 N–H and O–H groups in total. The van der Waals surface area contributed by atoms with Crippen LogP contribution in [0.2, 0.25) is 10.0 Å². The van der Waals surface area contributed by atoms with E-state index >= 15 is 0 Å². The van der Waals surface area contributed by atoms with Crippen molar-refractivity contribution < 1.29 is 13.7 Å². The second-order valence-corrected chi connectivity index (χ2v) is 14.0. The van der Waals surface area contributed by atoms with E-state index in [1.165, 1.54) is 5.56 Å². The van der Waals surface area contributed by atoms with Gasteiger partial charge in [0.05, 0.1) is 38.6 Å². The highest BCUT2D eigenvalue weighted by Crippen LogP contribution is 2.36. The molecule has 1 aliphatic rings.